The van der Waals surface area contributed by atoms with E-state index in [1.165, 1.54) is 25.7 Å². The van der Waals surface area contributed by atoms with Gasteiger partial charge in [-0.1, -0.05) is 56.7 Å². The number of hydrogen-bond donors (Lipinski definition) is 0. The van der Waals surface area contributed by atoms with E-state index < -0.39 is 5.97 Å². The maximum absolute atomic E-state index is 11.8. The summed E-state index contributed by atoms with van der Waals surface area (Å²) in [7, 11) is 0. The molecule has 1 aromatic carbocycles. The Morgan fingerprint density at radius 3 is 2.45 bits per heavy atom. The Balaban J connectivity index is 2.17. The highest BCUT2D eigenvalue weighted by atomic mass is 17.2. The van der Waals surface area contributed by atoms with Crippen molar-refractivity contribution in [1.29, 1.82) is 0 Å². The Hall–Kier alpha value is -1.35. The highest BCUT2D eigenvalue weighted by molar-refractivity contribution is 5.90. The van der Waals surface area contributed by atoms with Gasteiger partial charge in [-0.25, -0.2) is 4.79 Å². The number of rotatable bonds is 9. The zero-order valence-electron chi connectivity index (χ0n) is 12.9. The second-order valence-electron chi connectivity index (χ2n) is 5.28. The van der Waals surface area contributed by atoms with Crippen LogP contribution < -0.4 is 0 Å². The van der Waals surface area contributed by atoms with Crippen molar-refractivity contribution in [3.05, 3.63) is 34.9 Å². The van der Waals surface area contributed by atoms with Crippen LogP contribution in [0.3, 0.4) is 0 Å². The van der Waals surface area contributed by atoms with Gasteiger partial charge in [-0.3, -0.25) is 4.89 Å². The molecule has 0 heterocycles. The SMILES string of the molecule is CCCCCCCCOOC(=O)c1ccc(C)cc1C. The molecule has 0 aromatic heterocycles. The van der Waals surface area contributed by atoms with Crippen molar-refractivity contribution in [2.24, 2.45) is 0 Å². The monoisotopic (exact) mass is 278 g/mol. The number of unbranched alkanes of at least 4 members (excludes halogenated alkanes) is 5. The van der Waals surface area contributed by atoms with Crippen LogP contribution in [-0.2, 0) is 9.78 Å². The molecule has 112 valence electrons. The first-order chi connectivity index (χ1) is 9.65. The summed E-state index contributed by atoms with van der Waals surface area (Å²) in [4.78, 5) is 21.6. The van der Waals surface area contributed by atoms with Gasteiger partial charge in [-0.2, -0.15) is 4.89 Å². The van der Waals surface area contributed by atoms with Crippen molar-refractivity contribution < 1.29 is 14.6 Å². The predicted molar refractivity (Wildman–Crippen MR) is 80.7 cm³/mol. The van der Waals surface area contributed by atoms with Gasteiger partial charge in [0, 0.05) is 0 Å². The molecule has 3 nitrogen and oxygen atoms in total. The molecule has 0 N–H and O–H groups in total. The van der Waals surface area contributed by atoms with Gasteiger partial charge in [-0.15, -0.1) is 0 Å². The first kappa shape index (κ1) is 16.7. The van der Waals surface area contributed by atoms with E-state index in [0.29, 0.717) is 12.2 Å². The highest BCUT2D eigenvalue weighted by Gasteiger charge is 2.11. The minimum absolute atomic E-state index is 0.409. The molecule has 0 saturated carbocycles. The average Bonchev–Trinajstić information content (AvgIpc) is 2.41. The summed E-state index contributed by atoms with van der Waals surface area (Å²) in [6, 6.07) is 5.64. The maximum Gasteiger partial charge on any atom is 0.373 e. The molecule has 3 heteroatoms. The molecule has 1 aromatic rings. The van der Waals surface area contributed by atoms with Crippen LogP contribution in [-0.4, -0.2) is 12.6 Å². The van der Waals surface area contributed by atoms with E-state index in [2.05, 4.69) is 6.92 Å². The standard InChI is InChI=1S/C17H26O3/c1-4-5-6-7-8-9-12-19-20-17(18)16-11-10-14(2)13-15(16)3/h10-11,13H,4-9,12H2,1-3H3. The number of hydrogen-bond acceptors (Lipinski definition) is 3. The molecule has 0 spiro atoms. The smallest absolute Gasteiger partial charge is 0.293 e. The molecule has 0 radical (unpaired) electrons. The van der Waals surface area contributed by atoms with E-state index in [1.54, 1.807) is 6.07 Å². The average molecular weight is 278 g/mol. The number of carbonyl (C=O) groups excluding carboxylic acids is 1. The topological polar surface area (TPSA) is 35.5 Å². The number of carbonyl (C=O) groups is 1. The second-order valence-corrected chi connectivity index (χ2v) is 5.28. The van der Waals surface area contributed by atoms with Crippen LogP contribution in [0.4, 0.5) is 0 Å². The summed E-state index contributed by atoms with van der Waals surface area (Å²) in [6.45, 7) is 6.58. The second kappa shape index (κ2) is 9.54. The predicted octanol–water partition coefficient (Wildman–Crippen LogP) is 4.75. The molecule has 0 fully saturated rings. The van der Waals surface area contributed by atoms with E-state index in [-0.39, 0.29) is 0 Å². The summed E-state index contributed by atoms with van der Waals surface area (Å²) < 4.78 is 0. The fraction of sp³-hybridized carbons (Fsp3) is 0.588. The molecule has 0 aliphatic rings. The first-order valence-corrected chi connectivity index (χ1v) is 7.56. The van der Waals surface area contributed by atoms with Crippen LogP contribution in [0.2, 0.25) is 0 Å². The molecular formula is C17H26O3. The summed E-state index contributed by atoms with van der Waals surface area (Å²) >= 11 is 0. The zero-order chi connectivity index (χ0) is 14.8. The number of benzene rings is 1. The largest absolute Gasteiger partial charge is 0.373 e. The van der Waals surface area contributed by atoms with Gasteiger partial charge < -0.3 is 0 Å². The van der Waals surface area contributed by atoms with Gasteiger partial charge in [0.05, 0.1) is 12.2 Å². The minimum Gasteiger partial charge on any atom is -0.293 e. The van der Waals surface area contributed by atoms with Gasteiger partial charge in [0.25, 0.3) is 0 Å². The molecule has 0 bridgehead atoms. The Labute approximate surface area is 122 Å². The van der Waals surface area contributed by atoms with Crippen LogP contribution in [0.5, 0.6) is 0 Å². The van der Waals surface area contributed by atoms with Gasteiger partial charge in [-0.05, 0) is 31.9 Å². The van der Waals surface area contributed by atoms with Gasteiger partial charge in [0.1, 0.15) is 0 Å². The van der Waals surface area contributed by atoms with E-state index in [9.17, 15) is 4.79 Å². The lowest BCUT2D eigenvalue weighted by Gasteiger charge is -2.06. The van der Waals surface area contributed by atoms with Crippen molar-refractivity contribution in [2.75, 3.05) is 6.61 Å². The molecular weight excluding hydrogens is 252 g/mol. The van der Waals surface area contributed by atoms with Gasteiger partial charge >= 0.3 is 5.97 Å². The van der Waals surface area contributed by atoms with E-state index in [0.717, 1.165) is 24.0 Å². The van der Waals surface area contributed by atoms with Crippen LogP contribution >= 0.6 is 0 Å². The first-order valence-electron chi connectivity index (χ1n) is 7.56. The van der Waals surface area contributed by atoms with Gasteiger partial charge in [0.15, 0.2) is 0 Å². The molecule has 0 aliphatic carbocycles. The Bertz CT molecular complexity index is 413. The third kappa shape index (κ3) is 6.20. The fourth-order valence-electron chi connectivity index (χ4n) is 2.12. The molecule has 1 rings (SSSR count). The van der Waals surface area contributed by atoms with Crippen molar-refractivity contribution in [3.63, 3.8) is 0 Å². The summed E-state index contributed by atoms with van der Waals surface area (Å²) in [6.07, 6.45) is 7.11. The number of aryl methyl sites for hydroxylation is 2. The lowest BCUT2D eigenvalue weighted by molar-refractivity contribution is -0.241. The van der Waals surface area contributed by atoms with Crippen LogP contribution in [0.25, 0.3) is 0 Å². The van der Waals surface area contributed by atoms with E-state index in [1.807, 2.05) is 26.0 Å². The summed E-state index contributed by atoms with van der Waals surface area (Å²) in [5, 5.41) is 0. The van der Waals surface area contributed by atoms with Crippen molar-refractivity contribution in [1.82, 2.24) is 0 Å². The third-order valence-corrected chi connectivity index (χ3v) is 3.32. The molecule has 0 amide bonds. The van der Waals surface area contributed by atoms with Crippen LogP contribution in [0.15, 0.2) is 18.2 Å². The minimum atomic E-state index is -0.409. The molecule has 20 heavy (non-hydrogen) atoms. The third-order valence-electron chi connectivity index (χ3n) is 3.32. The van der Waals surface area contributed by atoms with Crippen molar-refractivity contribution >= 4 is 5.97 Å². The Morgan fingerprint density at radius 1 is 1.05 bits per heavy atom. The maximum atomic E-state index is 11.8. The zero-order valence-corrected chi connectivity index (χ0v) is 12.9. The summed E-state index contributed by atoms with van der Waals surface area (Å²) in [5.41, 5.74) is 2.61. The Morgan fingerprint density at radius 2 is 1.75 bits per heavy atom. The molecule has 0 atom stereocenters. The van der Waals surface area contributed by atoms with Crippen LogP contribution in [0.1, 0.15) is 66.9 Å². The van der Waals surface area contributed by atoms with E-state index >= 15 is 0 Å². The van der Waals surface area contributed by atoms with E-state index in [4.69, 9.17) is 9.78 Å². The molecule has 0 saturated heterocycles. The fourth-order valence-corrected chi connectivity index (χ4v) is 2.12. The Kier molecular flexibility index (Phi) is 7.97. The van der Waals surface area contributed by atoms with Crippen molar-refractivity contribution in [2.45, 2.75) is 59.3 Å². The van der Waals surface area contributed by atoms with Gasteiger partial charge in [0.2, 0.25) is 0 Å². The normalized spacial score (nSPS) is 10.6. The molecule has 0 unspecified atom stereocenters. The van der Waals surface area contributed by atoms with Crippen molar-refractivity contribution in [3.8, 4) is 0 Å². The molecule has 0 aliphatic heterocycles. The van der Waals surface area contributed by atoms with Crippen LogP contribution in [0, 0.1) is 13.8 Å². The highest BCUT2D eigenvalue weighted by Crippen LogP contribution is 2.12. The quantitative estimate of drug-likeness (QED) is 0.371. The summed E-state index contributed by atoms with van der Waals surface area (Å²) in [5.74, 6) is -0.409. The lowest BCUT2D eigenvalue weighted by Crippen LogP contribution is -2.08. The lowest BCUT2D eigenvalue weighted by atomic mass is 10.1.